The summed E-state index contributed by atoms with van der Waals surface area (Å²) in [5.41, 5.74) is 2.72. The van der Waals surface area contributed by atoms with E-state index in [1.165, 1.54) is 11.1 Å². The average Bonchev–Trinajstić information content (AvgIpc) is 2.41. The lowest BCUT2D eigenvalue weighted by Gasteiger charge is -2.24. The largest absolute Gasteiger partial charge is 0.316 e. The van der Waals surface area contributed by atoms with Crippen LogP contribution in [0.4, 0.5) is 0 Å². The van der Waals surface area contributed by atoms with Gasteiger partial charge in [0.15, 0.2) is 0 Å². The second-order valence-electron chi connectivity index (χ2n) is 4.38. The van der Waals surface area contributed by atoms with E-state index in [4.69, 9.17) is 0 Å². The van der Waals surface area contributed by atoms with Gasteiger partial charge in [0.25, 0.3) is 0 Å². The van der Waals surface area contributed by atoms with Crippen LogP contribution in [0.3, 0.4) is 0 Å². The van der Waals surface area contributed by atoms with Crippen molar-refractivity contribution < 1.29 is 0 Å². The standard InChI is InChI=1S/C16H19N/c1-13(17-2)16(14-9-5-3-6-10-14)15-11-7-4-8-12-15/h3-13,16-17H,1-2H3/t13-/m0/s1. The Bertz CT molecular complexity index is 396. The first kappa shape index (κ1) is 11.9. The fourth-order valence-electron chi connectivity index (χ4n) is 2.26. The normalized spacial score (nSPS) is 12.6. The van der Waals surface area contributed by atoms with Crippen molar-refractivity contribution in [3.63, 3.8) is 0 Å². The smallest absolute Gasteiger partial charge is 0.0240 e. The van der Waals surface area contributed by atoms with Crippen molar-refractivity contribution in [1.29, 1.82) is 0 Å². The van der Waals surface area contributed by atoms with E-state index in [0.29, 0.717) is 12.0 Å². The monoisotopic (exact) mass is 225 g/mol. The highest BCUT2D eigenvalue weighted by molar-refractivity contribution is 5.33. The van der Waals surface area contributed by atoms with E-state index in [1.54, 1.807) is 0 Å². The van der Waals surface area contributed by atoms with Crippen LogP contribution in [0.2, 0.25) is 0 Å². The maximum atomic E-state index is 3.36. The minimum absolute atomic E-state index is 0.405. The van der Waals surface area contributed by atoms with Crippen molar-refractivity contribution in [3.05, 3.63) is 71.8 Å². The molecule has 2 aromatic rings. The molecule has 0 spiro atoms. The number of likely N-dealkylation sites (N-methyl/N-ethyl adjacent to an activating group) is 1. The molecule has 88 valence electrons. The van der Waals surface area contributed by atoms with E-state index >= 15 is 0 Å². The van der Waals surface area contributed by atoms with E-state index in [-0.39, 0.29) is 0 Å². The summed E-state index contributed by atoms with van der Waals surface area (Å²) in [6.07, 6.45) is 0. The third-order valence-electron chi connectivity index (χ3n) is 3.27. The van der Waals surface area contributed by atoms with Crippen LogP contribution in [0.5, 0.6) is 0 Å². The minimum atomic E-state index is 0.405. The molecule has 0 heterocycles. The van der Waals surface area contributed by atoms with E-state index in [0.717, 1.165) is 0 Å². The fraction of sp³-hybridized carbons (Fsp3) is 0.250. The summed E-state index contributed by atoms with van der Waals surface area (Å²) in [7, 11) is 2.02. The SMILES string of the molecule is CN[C@@H](C)C(c1ccccc1)c1ccccc1. The first-order chi connectivity index (χ1) is 8.33. The molecular formula is C16H19N. The van der Waals surface area contributed by atoms with Gasteiger partial charge in [0.1, 0.15) is 0 Å². The van der Waals surface area contributed by atoms with Gasteiger partial charge in [-0.15, -0.1) is 0 Å². The number of rotatable bonds is 4. The van der Waals surface area contributed by atoms with E-state index < -0.39 is 0 Å². The summed E-state index contributed by atoms with van der Waals surface area (Å²) in [6, 6.07) is 21.8. The number of nitrogens with one attached hydrogen (secondary N) is 1. The second-order valence-corrected chi connectivity index (χ2v) is 4.38. The van der Waals surface area contributed by atoms with Crippen LogP contribution in [0, 0.1) is 0 Å². The molecule has 1 heteroatoms. The summed E-state index contributed by atoms with van der Waals surface area (Å²) in [4.78, 5) is 0. The number of hydrogen-bond acceptors (Lipinski definition) is 1. The van der Waals surface area contributed by atoms with E-state index in [1.807, 2.05) is 7.05 Å². The molecule has 2 rings (SSSR count). The Morgan fingerprint density at radius 2 is 1.18 bits per heavy atom. The molecule has 1 N–H and O–H groups in total. The Balaban J connectivity index is 2.39. The second kappa shape index (κ2) is 5.65. The third kappa shape index (κ3) is 2.75. The van der Waals surface area contributed by atoms with Gasteiger partial charge >= 0.3 is 0 Å². The summed E-state index contributed by atoms with van der Waals surface area (Å²) in [6.45, 7) is 2.23. The topological polar surface area (TPSA) is 12.0 Å². The molecule has 0 aliphatic rings. The first-order valence-electron chi connectivity index (χ1n) is 6.10. The predicted octanol–water partition coefficient (Wildman–Crippen LogP) is 3.43. The Kier molecular flexibility index (Phi) is 3.94. The lowest BCUT2D eigenvalue weighted by atomic mass is 9.86. The van der Waals surface area contributed by atoms with Crippen molar-refractivity contribution >= 4 is 0 Å². The van der Waals surface area contributed by atoms with Crippen LogP contribution in [-0.4, -0.2) is 13.1 Å². The number of benzene rings is 2. The van der Waals surface area contributed by atoms with Crippen LogP contribution in [0.25, 0.3) is 0 Å². The molecular weight excluding hydrogens is 206 g/mol. The summed E-state index contributed by atoms with van der Waals surface area (Å²) >= 11 is 0. The first-order valence-corrected chi connectivity index (χ1v) is 6.10. The fourth-order valence-corrected chi connectivity index (χ4v) is 2.26. The highest BCUT2D eigenvalue weighted by Gasteiger charge is 2.19. The average molecular weight is 225 g/mol. The highest BCUT2D eigenvalue weighted by atomic mass is 14.9. The van der Waals surface area contributed by atoms with Crippen molar-refractivity contribution in [2.75, 3.05) is 7.05 Å². The minimum Gasteiger partial charge on any atom is -0.316 e. The maximum absolute atomic E-state index is 3.36. The molecule has 0 aliphatic heterocycles. The van der Waals surface area contributed by atoms with Gasteiger partial charge in [-0.05, 0) is 25.1 Å². The van der Waals surface area contributed by atoms with E-state index in [2.05, 4.69) is 72.9 Å². The zero-order valence-corrected chi connectivity index (χ0v) is 10.4. The van der Waals surface area contributed by atoms with Crippen LogP contribution < -0.4 is 5.32 Å². The Labute approximate surface area is 103 Å². The van der Waals surface area contributed by atoms with Gasteiger partial charge in [0.05, 0.1) is 0 Å². The van der Waals surface area contributed by atoms with Crippen molar-refractivity contribution in [1.82, 2.24) is 5.32 Å². The Morgan fingerprint density at radius 1 is 0.765 bits per heavy atom. The van der Waals surface area contributed by atoms with E-state index in [9.17, 15) is 0 Å². The van der Waals surface area contributed by atoms with Crippen LogP contribution >= 0.6 is 0 Å². The molecule has 17 heavy (non-hydrogen) atoms. The van der Waals surface area contributed by atoms with Gasteiger partial charge in [0, 0.05) is 12.0 Å². The summed E-state index contributed by atoms with van der Waals surface area (Å²) in [5, 5.41) is 3.36. The zero-order chi connectivity index (χ0) is 12.1. The Morgan fingerprint density at radius 3 is 1.53 bits per heavy atom. The van der Waals surface area contributed by atoms with Gasteiger partial charge in [0.2, 0.25) is 0 Å². The van der Waals surface area contributed by atoms with Crippen LogP contribution in [-0.2, 0) is 0 Å². The summed E-state index contributed by atoms with van der Waals surface area (Å²) in [5.74, 6) is 0.405. The van der Waals surface area contributed by atoms with Gasteiger partial charge in [-0.1, -0.05) is 60.7 Å². The van der Waals surface area contributed by atoms with Gasteiger partial charge in [-0.3, -0.25) is 0 Å². The molecule has 0 saturated heterocycles. The summed E-state index contributed by atoms with van der Waals surface area (Å²) < 4.78 is 0. The zero-order valence-electron chi connectivity index (χ0n) is 10.4. The number of hydrogen-bond donors (Lipinski definition) is 1. The molecule has 0 aliphatic carbocycles. The molecule has 0 fully saturated rings. The predicted molar refractivity (Wildman–Crippen MR) is 73.2 cm³/mol. The van der Waals surface area contributed by atoms with Gasteiger partial charge < -0.3 is 5.32 Å². The highest BCUT2D eigenvalue weighted by Crippen LogP contribution is 2.27. The van der Waals surface area contributed by atoms with Crippen LogP contribution in [0.1, 0.15) is 24.0 Å². The van der Waals surface area contributed by atoms with Crippen LogP contribution in [0.15, 0.2) is 60.7 Å². The molecule has 0 radical (unpaired) electrons. The Hall–Kier alpha value is -1.60. The molecule has 0 aromatic heterocycles. The molecule has 1 nitrogen and oxygen atoms in total. The van der Waals surface area contributed by atoms with Crippen molar-refractivity contribution in [3.8, 4) is 0 Å². The lowest BCUT2D eigenvalue weighted by Crippen LogP contribution is -2.29. The molecule has 0 saturated carbocycles. The molecule has 2 aromatic carbocycles. The lowest BCUT2D eigenvalue weighted by molar-refractivity contribution is 0.547. The quantitative estimate of drug-likeness (QED) is 0.840. The van der Waals surface area contributed by atoms with Crippen molar-refractivity contribution in [2.45, 2.75) is 18.9 Å². The third-order valence-corrected chi connectivity index (χ3v) is 3.27. The van der Waals surface area contributed by atoms with Gasteiger partial charge in [-0.2, -0.15) is 0 Å². The van der Waals surface area contributed by atoms with Gasteiger partial charge in [-0.25, -0.2) is 0 Å². The maximum Gasteiger partial charge on any atom is 0.0240 e. The van der Waals surface area contributed by atoms with Crippen molar-refractivity contribution in [2.24, 2.45) is 0 Å². The molecule has 1 atom stereocenters. The molecule has 0 amide bonds. The molecule has 0 bridgehead atoms. The molecule has 0 unspecified atom stereocenters.